The molecule has 1 rings (SSSR count). The lowest BCUT2D eigenvalue weighted by Gasteiger charge is -2.13. The van der Waals surface area contributed by atoms with E-state index in [1.807, 2.05) is 18.2 Å². The maximum Gasteiger partial charge on any atom is 0.330 e. The molecule has 0 aromatic heterocycles. The minimum absolute atomic E-state index is 0.111. The number of unbranched alkanes of at least 4 members (excludes halogenated alkanes) is 1. The highest BCUT2D eigenvalue weighted by Crippen LogP contribution is 2.23. The summed E-state index contributed by atoms with van der Waals surface area (Å²) in [5.41, 5.74) is 0.660. The maximum atomic E-state index is 11.7. The highest BCUT2D eigenvalue weighted by molar-refractivity contribution is 7.80. The normalized spacial score (nSPS) is 10.2. The fraction of sp³-hybridized carbons (Fsp3) is 0.353. The number of esters is 1. The van der Waals surface area contributed by atoms with E-state index in [4.69, 9.17) is 17.0 Å². The molecule has 0 atom stereocenters. The number of thiocarbonyl (C=S) groups is 1. The van der Waals surface area contributed by atoms with E-state index in [1.165, 1.54) is 0 Å². The van der Waals surface area contributed by atoms with Crippen LogP contribution in [-0.2, 0) is 14.3 Å². The molecule has 0 aliphatic heterocycles. The van der Waals surface area contributed by atoms with Gasteiger partial charge in [-0.3, -0.25) is 10.1 Å². The van der Waals surface area contributed by atoms with E-state index in [0.717, 1.165) is 25.0 Å². The average Bonchev–Trinajstić information content (AvgIpc) is 2.55. The van der Waals surface area contributed by atoms with Crippen LogP contribution in [0.3, 0.4) is 0 Å². The summed E-state index contributed by atoms with van der Waals surface area (Å²) in [4.78, 5) is 22.8. The van der Waals surface area contributed by atoms with Crippen molar-refractivity contribution in [2.24, 2.45) is 0 Å². The van der Waals surface area contributed by atoms with Crippen LogP contribution >= 0.6 is 12.2 Å². The molecule has 1 aromatic carbocycles. The van der Waals surface area contributed by atoms with Crippen LogP contribution in [0, 0.1) is 0 Å². The standard InChI is InChI=1S/C17H22N2O4S/c1-3-5-12-23-14-9-7-6-8-13(14)18-17(24)19-15(20)10-11-16(21)22-4-2/h6-11H,3-5,12H2,1-2H3,(H2,18,19,20,24)/b11-10+. The molecular weight excluding hydrogens is 328 g/mol. The van der Waals surface area contributed by atoms with Crippen molar-refractivity contribution < 1.29 is 19.1 Å². The second-order valence-electron chi connectivity index (χ2n) is 4.73. The third-order valence-electron chi connectivity index (χ3n) is 2.78. The van der Waals surface area contributed by atoms with E-state index >= 15 is 0 Å². The van der Waals surface area contributed by atoms with Crippen molar-refractivity contribution in [2.45, 2.75) is 26.7 Å². The van der Waals surface area contributed by atoms with E-state index in [9.17, 15) is 9.59 Å². The first-order chi connectivity index (χ1) is 11.6. The Labute approximate surface area is 147 Å². The van der Waals surface area contributed by atoms with Crippen LogP contribution in [0.4, 0.5) is 5.69 Å². The zero-order valence-electron chi connectivity index (χ0n) is 13.8. The number of para-hydroxylation sites is 2. The van der Waals surface area contributed by atoms with Crippen molar-refractivity contribution in [3.05, 3.63) is 36.4 Å². The zero-order chi connectivity index (χ0) is 17.8. The van der Waals surface area contributed by atoms with Crippen LogP contribution < -0.4 is 15.4 Å². The largest absolute Gasteiger partial charge is 0.491 e. The monoisotopic (exact) mass is 350 g/mol. The number of anilines is 1. The number of hydrogen-bond donors (Lipinski definition) is 2. The number of amides is 1. The summed E-state index contributed by atoms with van der Waals surface area (Å²) in [5.74, 6) is -0.448. The van der Waals surface area contributed by atoms with Gasteiger partial charge in [-0.2, -0.15) is 0 Å². The number of ether oxygens (including phenoxy) is 2. The lowest BCUT2D eigenvalue weighted by molar-refractivity contribution is -0.137. The summed E-state index contributed by atoms with van der Waals surface area (Å²) in [6.07, 6.45) is 4.10. The Bertz CT molecular complexity index is 602. The van der Waals surface area contributed by atoms with Gasteiger partial charge in [-0.25, -0.2) is 4.79 Å². The Balaban J connectivity index is 2.55. The van der Waals surface area contributed by atoms with Gasteiger partial charge in [0.05, 0.1) is 18.9 Å². The van der Waals surface area contributed by atoms with Gasteiger partial charge in [-0.15, -0.1) is 0 Å². The molecular formula is C17H22N2O4S. The highest BCUT2D eigenvalue weighted by atomic mass is 32.1. The smallest absolute Gasteiger partial charge is 0.330 e. The van der Waals surface area contributed by atoms with Crippen molar-refractivity contribution in [3.8, 4) is 5.75 Å². The van der Waals surface area contributed by atoms with Crippen LogP contribution in [0.25, 0.3) is 0 Å². The molecule has 0 saturated heterocycles. The lowest BCUT2D eigenvalue weighted by atomic mass is 10.3. The average molecular weight is 350 g/mol. The molecule has 130 valence electrons. The third-order valence-corrected chi connectivity index (χ3v) is 2.99. The molecule has 24 heavy (non-hydrogen) atoms. The number of carbonyl (C=O) groups excluding carboxylic acids is 2. The second kappa shape index (κ2) is 11.2. The fourth-order valence-corrected chi connectivity index (χ4v) is 1.87. The van der Waals surface area contributed by atoms with Gasteiger partial charge in [-0.05, 0) is 37.7 Å². The molecule has 0 spiro atoms. The van der Waals surface area contributed by atoms with Gasteiger partial charge in [0, 0.05) is 12.2 Å². The molecule has 1 amide bonds. The van der Waals surface area contributed by atoms with Gasteiger partial charge in [0.15, 0.2) is 5.11 Å². The first-order valence-electron chi connectivity index (χ1n) is 7.75. The predicted octanol–water partition coefficient (Wildman–Crippen LogP) is 2.80. The number of benzene rings is 1. The number of carbonyl (C=O) groups is 2. The first kappa shape index (κ1) is 19.6. The molecule has 7 heteroatoms. The minimum atomic E-state index is -0.582. The summed E-state index contributed by atoms with van der Waals surface area (Å²) < 4.78 is 10.4. The Morgan fingerprint density at radius 1 is 1.21 bits per heavy atom. The van der Waals surface area contributed by atoms with Gasteiger partial charge in [-0.1, -0.05) is 25.5 Å². The van der Waals surface area contributed by atoms with Crippen LogP contribution in [0.15, 0.2) is 36.4 Å². The van der Waals surface area contributed by atoms with E-state index < -0.39 is 11.9 Å². The highest BCUT2D eigenvalue weighted by Gasteiger charge is 2.07. The lowest BCUT2D eigenvalue weighted by Crippen LogP contribution is -2.33. The van der Waals surface area contributed by atoms with Crippen molar-refractivity contribution in [1.82, 2.24) is 5.32 Å². The van der Waals surface area contributed by atoms with Crippen molar-refractivity contribution in [2.75, 3.05) is 18.5 Å². The van der Waals surface area contributed by atoms with Gasteiger partial charge in [0.2, 0.25) is 5.91 Å². The van der Waals surface area contributed by atoms with Crippen LogP contribution in [-0.4, -0.2) is 30.2 Å². The van der Waals surface area contributed by atoms with E-state index in [-0.39, 0.29) is 11.7 Å². The number of nitrogens with one attached hydrogen (secondary N) is 2. The van der Waals surface area contributed by atoms with Crippen LogP contribution in [0.1, 0.15) is 26.7 Å². The topological polar surface area (TPSA) is 76.7 Å². The predicted molar refractivity (Wildman–Crippen MR) is 97.0 cm³/mol. The Morgan fingerprint density at radius 3 is 2.67 bits per heavy atom. The molecule has 2 N–H and O–H groups in total. The van der Waals surface area contributed by atoms with Gasteiger partial charge in [0.25, 0.3) is 0 Å². The molecule has 0 unspecified atom stereocenters. The fourth-order valence-electron chi connectivity index (χ4n) is 1.66. The maximum absolute atomic E-state index is 11.7. The van der Waals surface area contributed by atoms with E-state index in [2.05, 4.69) is 22.3 Å². The van der Waals surface area contributed by atoms with Crippen LogP contribution in [0.2, 0.25) is 0 Å². The third kappa shape index (κ3) is 7.73. The first-order valence-corrected chi connectivity index (χ1v) is 8.16. The Hall–Kier alpha value is -2.41. The van der Waals surface area contributed by atoms with Gasteiger partial charge >= 0.3 is 5.97 Å². The van der Waals surface area contributed by atoms with Crippen molar-refractivity contribution >= 4 is 34.9 Å². The SMILES string of the molecule is CCCCOc1ccccc1NC(=S)NC(=O)/C=C/C(=O)OCC. The molecule has 1 aromatic rings. The number of rotatable bonds is 8. The van der Waals surface area contributed by atoms with Gasteiger partial charge < -0.3 is 14.8 Å². The van der Waals surface area contributed by atoms with E-state index in [0.29, 0.717) is 18.0 Å². The molecule has 0 aliphatic rings. The molecule has 0 saturated carbocycles. The summed E-state index contributed by atoms with van der Waals surface area (Å²) in [7, 11) is 0. The molecule has 6 nitrogen and oxygen atoms in total. The molecule has 0 heterocycles. The van der Waals surface area contributed by atoms with Gasteiger partial charge in [0.1, 0.15) is 5.75 Å². The number of hydrogen-bond acceptors (Lipinski definition) is 5. The Kier molecular flexibility index (Phi) is 9.14. The zero-order valence-corrected chi connectivity index (χ0v) is 14.7. The van der Waals surface area contributed by atoms with Crippen molar-refractivity contribution in [3.63, 3.8) is 0 Å². The quantitative estimate of drug-likeness (QED) is 0.325. The molecule has 0 radical (unpaired) electrons. The summed E-state index contributed by atoms with van der Waals surface area (Å²) in [5, 5.41) is 5.47. The van der Waals surface area contributed by atoms with Crippen LogP contribution in [0.5, 0.6) is 5.75 Å². The molecule has 0 fully saturated rings. The summed E-state index contributed by atoms with van der Waals surface area (Å²) in [6.45, 7) is 4.63. The van der Waals surface area contributed by atoms with Crippen molar-refractivity contribution in [1.29, 1.82) is 0 Å². The second-order valence-corrected chi connectivity index (χ2v) is 5.14. The summed E-state index contributed by atoms with van der Waals surface area (Å²) in [6, 6.07) is 7.31. The summed E-state index contributed by atoms with van der Waals surface area (Å²) >= 11 is 5.09. The molecule has 0 aliphatic carbocycles. The Morgan fingerprint density at radius 2 is 1.96 bits per heavy atom. The minimum Gasteiger partial charge on any atom is -0.491 e. The molecule has 0 bridgehead atoms. The van der Waals surface area contributed by atoms with E-state index in [1.54, 1.807) is 13.0 Å².